The van der Waals surface area contributed by atoms with E-state index in [1.54, 1.807) is 6.20 Å². The van der Waals surface area contributed by atoms with Crippen LogP contribution in [0.5, 0.6) is 0 Å². The van der Waals surface area contributed by atoms with Crippen LogP contribution in [-0.2, 0) is 18.3 Å². The van der Waals surface area contributed by atoms with Gasteiger partial charge in [0, 0.05) is 43.4 Å². The fourth-order valence-corrected chi connectivity index (χ4v) is 4.10. The number of benzene rings is 1. The first-order valence-corrected chi connectivity index (χ1v) is 9.53. The monoisotopic (exact) mass is 363 g/mol. The van der Waals surface area contributed by atoms with Crippen LogP contribution in [0, 0.1) is 5.92 Å². The van der Waals surface area contributed by atoms with Gasteiger partial charge in [-0.1, -0.05) is 24.3 Å². The summed E-state index contributed by atoms with van der Waals surface area (Å²) in [5.74, 6) is 0.318. The van der Waals surface area contributed by atoms with Gasteiger partial charge in [-0.25, -0.2) is 0 Å². The molecule has 2 aromatic heterocycles. The van der Waals surface area contributed by atoms with E-state index in [2.05, 4.69) is 27.9 Å². The summed E-state index contributed by atoms with van der Waals surface area (Å²) in [6.07, 6.45) is 5.25. The predicted molar refractivity (Wildman–Crippen MR) is 105 cm³/mol. The van der Waals surface area contributed by atoms with E-state index in [-0.39, 0.29) is 11.8 Å². The van der Waals surface area contributed by atoms with Gasteiger partial charge < -0.3 is 14.6 Å². The van der Waals surface area contributed by atoms with Gasteiger partial charge in [-0.05, 0) is 42.5 Å². The molecule has 3 heterocycles. The highest BCUT2D eigenvalue weighted by molar-refractivity contribution is 5.89. The van der Waals surface area contributed by atoms with E-state index < -0.39 is 6.10 Å². The Labute approximate surface area is 159 Å². The fourth-order valence-electron chi connectivity index (χ4n) is 4.10. The molecule has 1 saturated heterocycles. The molecule has 1 aromatic carbocycles. The maximum absolute atomic E-state index is 12.8. The zero-order valence-electron chi connectivity index (χ0n) is 15.6. The molecule has 1 aliphatic heterocycles. The van der Waals surface area contributed by atoms with Gasteiger partial charge in [0.1, 0.15) is 0 Å². The summed E-state index contributed by atoms with van der Waals surface area (Å²) in [6.45, 7) is 1.39. The van der Waals surface area contributed by atoms with Crippen molar-refractivity contribution < 1.29 is 9.90 Å². The molecule has 5 nitrogen and oxygen atoms in total. The van der Waals surface area contributed by atoms with Crippen molar-refractivity contribution >= 4 is 16.8 Å². The SMILES string of the molecule is Cn1cc(CC(=O)N2CCC(C(O)c3ccccn3)CC2)c2ccccc21. The molecule has 3 aromatic rings. The third-order valence-electron chi connectivity index (χ3n) is 5.65. The quantitative estimate of drug-likeness (QED) is 0.775. The third-order valence-corrected chi connectivity index (χ3v) is 5.65. The molecule has 1 N–H and O–H groups in total. The second-order valence-corrected chi connectivity index (χ2v) is 7.38. The lowest BCUT2D eigenvalue weighted by atomic mass is 9.89. The van der Waals surface area contributed by atoms with Crippen LogP contribution in [0.3, 0.4) is 0 Å². The Hall–Kier alpha value is -2.66. The smallest absolute Gasteiger partial charge is 0.227 e. The molecular weight excluding hydrogens is 338 g/mol. The fraction of sp³-hybridized carbons (Fsp3) is 0.364. The predicted octanol–water partition coefficient (Wildman–Crippen LogP) is 3.09. The summed E-state index contributed by atoms with van der Waals surface area (Å²) in [6, 6.07) is 13.8. The standard InChI is InChI=1S/C22H25N3O2/c1-24-15-17(18-6-2-3-8-20(18)24)14-21(26)25-12-9-16(10-13-25)22(27)19-7-4-5-11-23-19/h2-8,11,15-16,22,27H,9-10,12-14H2,1H3. The number of carbonyl (C=O) groups is 1. The molecule has 0 aliphatic carbocycles. The van der Waals surface area contributed by atoms with Crippen LogP contribution in [0.25, 0.3) is 10.9 Å². The molecule has 0 bridgehead atoms. The number of para-hydroxylation sites is 1. The average Bonchev–Trinajstić information content (AvgIpc) is 3.04. The maximum atomic E-state index is 12.8. The molecule has 1 fully saturated rings. The van der Waals surface area contributed by atoms with Crippen molar-refractivity contribution in [2.75, 3.05) is 13.1 Å². The lowest BCUT2D eigenvalue weighted by Crippen LogP contribution is -2.40. The first kappa shape index (κ1) is 17.7. The molecule has 1 amide bonds. The van der Waals surface area contributed by atoms with Gasteiger partial charge in [0.25, 0.3) is 0 Å². The molecule has 1 atom stereocenters. The van der Waals surface area contributed by atoms with Gasteiger partial charge in [-0.2, -0.15) is 0 Å². The van der Waals surface area contributed by atoms with Gasteiger partial charge in [-0.3, -0.25) is 9.78 Å². The number of aromatic nitrogens is 2. The topological polar surface area (TPSA) is 58.4 Å². The number of hydrogen-bond acceptors (Lipinski definition) is 3. The number of aliphatic hydroxyl groups excluding tert-OH is 1. The number of aliphatic hydroxyl groups is 1. The average molecular weight is 363 g/mol. The Kier molecular flexibility index (Phi) is 4.94. The third kappa shape index (κ3) is 3.60. The lowest BCUT2D eigenvalue weighted by Gasteiger charge is -2.34. The van der Waals surface area contributed by atoms with Gasteiger partial charge in [0.15, 0.2) is 0 Å². The number of aryl methyl sites for hydroxylation is 1. The summed E-state index contributed by atoms with van der Waals surface area (Å²) in [7, 11) is 2.01. The van der Waals surface area contributed by atoms with E-state index in [0.29, 0.717) is 19.5 Å². The lowest BCUT2D eigenvalue weighted by molar-refractivity contribution is -0.132. The summed E-state index contributed by atoms with van der Waals surface area (Å²) < 4.78 is 2.08. The van der Waals surface area contributed by atoms with E-state index in [1.807, 2.05) is 42.3 Å². The molecule has 0 saturated carbocycles. The summed E-state index contributed by atoms with van der Waals surface area (Å²) >= 11 is 0. The van der Waals surface area contributed by atoms with Crippen LogP contribution in [0.1, 0.15) is 30.2 Å². The Morgan fingerprint density at radius 2 is 1.93 bits per heavy atom. The van der Waals surface area contributed by atoms with Crippen molar-refractivity contribution in [2.24, 2.45) is 13.0 Å². The van der Waals surface area contributed by atoms with Crippen molar-refractivity contribution in [3.05, 3.63) is 66.1 Å². The Morgan fingerprint density at radius 1 is 1.19 bits per heavy atom. The number of likely N-dealkylation sites (tertiary alicyclic amines) is 1. The Morgan fingerprint density at radius 3 is 2.67 bits per heavy atom. The van der Waals surface area contributed by atoms with Crippen LogP contribution in [0.4, 0.5) is 0 Å². The highest BCUT2D eigenvalue weighted by atomic mass is 16.3. The number of rotatable bonds is 4. The number of fused-ring (bicyclic) bond motifs is 1. The van der Waals surface area contributed by atoms with E-state index >= 15 is 0 Å². The van der Waals surface area contributed by atoms with Gasteiger partial charge in [0.2, 0.25) is 5.91 Å². The number of amides is 1. The molecule has 5 heteroatoms. The van der Waals surface area contributed by atoms with E-state index in [1.165, 1.54) is 0 Å². The molecule has 1 unspecified atom stereocenters. The van der Waals surface area contributed by atoms with Gasteiger partial charge >= 0.3 is 0 Å². The molecular formula is C22H25N3O2. The van der Waals surface area contributed by atoms with E-state index in [0.717, 1.165) is 35.0 Å². The molecule has 27 heavy (non-hydrogen) atoms. The van der Waals surface area contributed by atoms with Crippen LogP contribution in [-0.4, -0.2) is 38.6 Å². The summed E-state index contributed by atoms with van der Waals surface area (Å²) in [5, 5.41) is 11.7. The van der Waals surface area contributed by atoms with Gasteiger partial charge in [0.05, 0.1) is 18.2 Å². The van der Waals surface area contributed by atoms with Crippen LogP contribution in [0.2, 0.25) is 0 Å². The second-order valence-electron chi connectivity index (χ2n) is 7.38. The Bertz CT molecular complexity index is 927. The van der Waals surface area contributed by atoms with Crippen LogP contribution in [0.15, 0.2) is 54.9 Å². The minimum atomic E-state index is -0.554. The maximum Gasteiger partial charge on any atom is 0.227 e. The molecule has 0 radical (unpaired) electrons. The van der Waals surface area contributed by atoms with Crippen LogP contribution >= 0.6 is 0 Å². The van der Waals surface area contributed by atoms with Gasteiger partial charge in [-0.15, -0.1) is 0 Å². The van der Waals surface area contributed by atoms with E-state index in [9.17, 15) is 9.90 Å². The number of hydrogen-bond donors (Lipinski definition) is 1. The number of piperidine rings is 1. The second kappa shape index (κ2) is 7.53. The number of carbonyl (C=O) groups excluding carboxylic acids is 1. The van der Waals surface area contributed by atoms with Crippen LogP contribution < -0.4 is 0 Å². The minimum Gasteiger partial charge on any atom is -0.387 e. The van der Waals surface area contributed by atoms with Crippen molar-refractivity contribution in [3.8, 4) is 0 Å². The largest absolute Gasteiger partial charge is 0.387 e. The first-order chi connectivity index (χ1) is 13.1. The zero-order valence-corrected chi connectivity index (χ0v) is 15.6. The summed E-state index contributed by atoms with van der Waals surface area (Å²) in [4.78, 5) is 19.0. The van der Waals surface area contributed by atoms with Crippen molar-refractivity contribution in [2.45, 2.75) is 25.4 Å². The first-order valence-electron chi connectivity index (χ1n) is 9.53. The minimum absolute atomic E-state index is 0.154. The molecule has 0 spiro atoms. The highest BCUT2D eigenvalue weighted by Gasteiger charge is 2.29. The number of nitrogens with zero attached hydrogens (tertiary/aromatic N) is 3. The van der Waals surface area contributed by atoms with Crippen molar-refractivity contribution in [1.29, 1.82) is 0 Å². The normalized spacial score (nSPS) is 16.6. The highest BCUT2D eigenvalue weighted by Crippen LogP contribution is 2.30. The van der Waals surface area contributed by atoms with E-state index in [4.69, 9.17) is 0 Å². The molecule has 1 aliphatic rings. The Balaban J connectivity index is 1.39. The summed E-state index contributed by atoms with van der Waals surface area (Å²) in [5.41, 5.74) is 2.95. The zero-order chi connectivity index (χ0) is 18.8. The molecule has 4 rings (SSSR count). The van der Waals surface area contributed by atoms with Crippen molar-refractivity contribution in [3.63, 3.8) is 0 Å². The van der Waals surface area contributed by atoms with Crippen molar-refractivity contribution in [1.82, 2.24) is 14.5 Å². The number of pyridine rings is 1. The molecule has 140 valence electrons.